The Bertz CT molecular complexity index is 689. The van der Waals surface area contributed by atoms with E-state index < -0.39 is 11.5 Å². The first-order chi connectivity index (χ1) is 10.4. The molecule has 2 rings (SSSR count). The van der Waals surface area contributed by atoms with E-state index in [0.29, 0.717) is 0 Å². The molecule has 114 valence electrons. The van der Waals surface area contributed by atoms with Crippen LogP contribution in [0.4, 0.5) is 0 Å². The van der Waals surface area contributed by atoms with Crippen molar-refractivity contribution in [3.8, 4) is 0 Å². The predicted octanol–water partition coefficient (Wildman–Crippen LogP) is 2.91. The Hall–Kier alpha value is -2.47. The molecule has 5 nitrogen and oxygen atoms in total. The minimum Gasteiger partial charge on any atom is -0.478 e. The quantitative estimate of drug-likeness (QED) is 0.831. The summed E-state index contributed by atoms with van der Waals surface area (Å²) in [6.45, 7) is 3.78. The first-order valence-electron chi connectivity index (χ1n) is 6.62. The number of hydrogen-bond acceptors (Lipinski definition) is 4. The van der Waals surface area contributed by atoms with Crippen molar-refractivity contribution in [2.75, 3.05) is 0 Å². The van der Waals surface area contributed by atoms with Gasteiger partial charge in [0.1, 0.15) is 5.01 Å². The van der Waals surface area contributed by atoms with Gasteiger partial charge in [-0.15, -0.1) is 11.3 Å². The maximum Gasteiger partial charge on any atom is 0.335 e. The highest BCUT2D eigenvalue weighted by atomic mass is 32.1. The van der Waals surface area contributed by atoms with Crippen LogP contribution in [0.15, 0.2) is 41.9 Å². The molecule has 1 amide bonds. The van der Waals surface area contributed by atoms with Crippen molar-refractivity contribution in [2.24, 2.45) is 0 Å². The Morgan fingerprint density at radius 3 is 2.50 bits per heavy atom. The number of nitrogens with one attached hydrogen (secondary N) is 1. The van der Waals surface area contributed by atoms with E-state index in [-0.39, 0.29) is 11.5 Å². The highest BCUT2D eigenvalue weighted by Gasteiger charge is 2.24. The van der Waals surface area contributed by atoms with E-state index in [2.05, 4.69) is 10.3 Å². The lowest BCUT2D eigenvalue weighted by atomic mass is 10.1. The van der Waals surface area contributed by atoms with Crippen LogP contribution in [0.1, 0.15) is 34.8 Å². The molecule has 0 atom stereocenters. The molecule has 2 N–H and O–H groups in total. The van der Waals surface area contributed by atoms with Crippen molar-refractivity contribution in [2.45, 2.75) is 19.4 Å². The molecule has 6 heteroatoms. The Balaban J connectivity index is 2.01. The van der Waals surface area contributed by atoms with Gasteiger partial charge in [-0.05, 0) is 37.6 Å². The van der Waals surface area contributed by atoms with Crippen molar-refractivity contribution >= 4 is 29.3 Å². The monoisotopic (exact) mass is 316 g/mol. The zero-order valence-corrected chi connectivity index (χ0v) is 13.1. The number of aromatic nitrogens is 1. The smallest absolute Gasteiger partial charge is 0.335 e. The van der Waals surface area contributed by atoms with Crippen molar-refractivity contribution in [3.63, 3.8) is 0 Å². The molecule has 0 fully saturated rings. The van der Waals surface area contributed by atoms with Gasteiger partial charge >= 0.3 is 5.97 Å². The van der Waals surface area contributed by atoms with Gasteiger partial charge in [-0.3, -0.25) is 4.79 Å². The number of aromatic carboxylic acids is 1. The molecule has 2 aromatic rings. The van der Waals surface area contributed by atoms with E-state index >= 15 is 0 Å². The van der Waals surface area contributed by atoms with Gasteiger partial charge in [0, 0.05) is 17.7 Å². The second kappa shape index (κ2) is 6.53. The molecule has 22 heavy (non-hydrogen) atoms. The van der Waals surface area contributed by atoms with Crippen LogP contribution in [-0.4, -0.2) is 22.0 Å². The maximum atomic E-state index is 12.0. The number of carbonyl (C=O) groups is 2. The fourth-order valence-corrected chi connectivity index (χ4v) is 2.56. The van der Waals surface area contributed by atoms with Gasteiger partial charge in [0.25, 0.3) is 0 Å². The summed E-state index contributed by atoms with van der Waals surface area (Å²) in [6, 6.07) is 6.30. The van der Waals surface area contributed by atoms with Crippen LogP contribution in [0, 0.1) is 0 Å². The molecule has 0 aliphatic rings. The number of nitrogens with zero attached hydrogens (tertiary/aromatic N) is 1. The first kappa shape index (κ1) is 15.9. The molecule has 0 saturated carbocycles. The summed E-state index contributed by atoms with van der Waals surface area (Å²) in [5, 5.41) is 14.4. The molecular formula is C16H16N2O3S. The number of carbonyl (C=O) groups excluding carboxylic acids is 1. The van der Waals surface area contributed by atoms with Gasteiger partial charge in [-0.2, -0.15) is 0 Å². The number of carboxylic acids is 1. The van der Waals surface area contributed by atoms with Crippen LogP contribution in [0.3, 0.4) is 0 Å². The molecule has 0 radical (unpaired) electrons. The molecule has 1 heterocycles. The number of hydrogen-bond donors (Lipinski definition) is 2. The largest absolute Gasteiger partial charge is 0.478 e. The predicted molar refractivity (Wildman–Crippen MR) is 85.7 cm³/mol. The van der Waals surface area contributed by atoms with Crippen LogP contribution in [0.5, 0.6) is 0 Å². The zero-order valence-electron chi connectivity index (χ0n) is 12.2. The van der Waals surface area contributed by atoms with E-state index in [1.54, 1.807) is 24.4 Å². The normalized spacial score (nSPS) is 11.5. The van der Waals surface area contributed by atoms with Gasteiger partial charge < -0.3 is 10.4 Å². The summed E-state index contributed by atoms with van der Waals surface area (Å²) < 4.78 is 0. The number of thiazole rings is 1. The second-order valence-electron chi connectivity index (χ2n) is 5.21. The number of benzene rings is 1. The van der Waals surface area contributed by atoms with Gasteiger partial charge in [0.05, 0.1) is 11.1 Å². The lowest BCUT2D eigenvalue weighted by molar-refractivity contribution is -0.118. The molecule has 1 aromatic heterocycles. The fraction of sp³-hybridized carbons (Fsp3) is 0.188. The van der Waals surface area contributed by atoms with Crippen molar-refractivity contribution in [1.82, 2.24) is 10.3 Å². The third kappa shape index (κ3) is 4.02. The van der Waals surface area contributed by atoms with E-state index in [1.165, 1.54) is 29.5 Å². The number of carboxylic acid groups (broad SMARTS) is 1. The summed E-state index contributed by atoms with van der Waals surface area (Å²) in [4.78, 5) is 27.0. The average Bonchev–Trinajstić information content (AvgIpc) is 3.00. The van der Waals surface area contributed by atoms with Crippen molar-refractivity contribution in [1.29, 1.82) is 0 Å². The topological polar surface area (TPSA) is 79.3 Å². The van der Waals surface area contributed by atoms with E-state index in [1.807, 2.05) is 19.2 Å². The van der Waals surface area contributed by atoms with Gasteiger partial charge in [0.2, 0.25) is 5.91 Å². The Labute approximate surface area is 132 Å². The second-order valence-corrected chi connectivity index (χ2v) is 6.11. The minimum absolute atomic E-state index is 0.214. The highest BCUT2D eigenvalue weighted by Crippen LogP contribution is 2.21. The number of amides is 1. The standard InChI is InChI=1S/C16H16N2O3S/c1-16(2,15-17-9-10-22-15)18-13(19)8-5-11-3-6-12(7-4-11)14(20)21/h3-10H,1-2H3,(H,18,19)(H,20,21)/b8-5+. The van der Waals surface area contributed by atoms with Gasteiger partial charge in [-0.25, -0.2) is 9.78 Å². The minimum atomic E-state index is -0.974. The maximum absolute atomic E-state index is 12.0. The van der Waals surface area contributed by atoms with E-state index in [9.17, 15) is 9.59 Å². The molecule has 0 bridgehead atoms. The van der Waals surface area contributed by atoms with Crippen LogP contribution in [0.2, 0.25) is 0 Å². The third-order valence-electron chi connectivity index (χ3n) is 2.99. The summed E-state index contributed by atoms with van der Waals surface area (Å²) >= 11 is 1.49. The lowest BCUT2D eigenvalue weighted by Crippen LogP contribution is -2.39. The molecular weight excluding hydrogens is 300 g/mol. The number of rotatable bonds is 5. The van der Waals surface area contributed by atoms with Gasteiger partial charge in [-0.1, -0.05) is 12.1 Å². The summed E-state index contributed by atoms with van der Waals surface area (Å²) in [5.74, 6) is -1.21. The van der Waals surface area contributed by atoms with Gasteiger partial charge in [0.15, 0.2) is 0 Å². The summed E-state index contributed by atoms with van der Waals surface area (Å²) in [5.41, 5.74) is 0.432. The summed E-state index contributed by atoms with van der Waals surface area (Å²) in [7, 11) is 0. The van der Waals surface area contributed by atoms with E-state index in [0.717, 1.165) is 10.6 Å². The molecule has 0 unspecified atom stereocenters. The first-order valence-corrected chi connectivity index (χ1v) is 7.50. The summed E-state index contributed by atoms with van der Waals surface area (Å²) in [6.07, 6.45) is 4.76. The SMILES string of the molecule is CC(C)(NC(=O)/C=C/c1ccc(C(=O)O)cc1)c1nccs1. The third-order valence-corrected chi connectivity index (χ3v) is 4.08. The Kier molecular flexibility index (Phi) is 4.72. The van der Waals surface area contributed by atoms with Crippen LogP contribution in [0.25, 0.3) is 6.08 Å². The Morgan fingerprint density at radius 2 is 1.95 bits per heavy atom. The molecule has 1 aromatic carbocycles. The molecule has 0 aliphatic carbocycles. The fourth-order valence-electron chi connectivity index (χ4n) is 1.84. The molecule has 0 saturated heterocycles. The average molecular weight is 316 g/mol. The van der Waals surface area contributed by atoms with Crippen molar-refractivity contribution in [3.05, 3.63) is 58.1 Å². The van der Waals surface area contributed by atoms with E-state index in [4.69, 9.17) is 5.11 Å². The molecule has 0 aliphatic heterocycles. The van der Waals surface area contributed by atoms with Crippen LogP contribution >= 0.6 is 11.3 Å². The van der Waals surface area contributed by atoms with Crippen LogP contribution in [-0.2, 0) is 10.3 Å². The van der Waals surface area contributed by atoms with Crippen LogP contribution < -0.4 is 5.32 Å². The molecule has 0 spiro atoms. The Morgan fingerprint density at radius 1 is 1.27 bits per heavy atom. The lowest BCUT2D eigenvalue weighted by Gasteiger charge is -2.22. The van der Waals surface area contributed by atoms with Crippen molar-refractivity contribution < 1.29 is 14.7 Å². The highest BCUT2D eigenvalue weighted by molar-refractivity contribution is 7.09. The zero-order chi connectivity index (χ0) is 16.2.